The number of rotatable bonds is 7. The Bertz CT molecular complexity index is 863. The molecule has 1 heterocycles. The number of carbonyl (C=O) groups excluding carboxylic acids is 1. The van der Waals surface area contributed by atoms with Crippen molar-refractivity contribution in [3.8, 4) is 5.69 Å². The van der Waals surface area contributed by atoms with E-state index in [-0.39, 0.29) is 5.91 Å². The van der Waals surface area contributed by atoms with Crippen LogP contribution >= 0.6 is 11.6 Å². The Kier molecular flexibility index (Phi) is 6.04. The standard InChI is InChI=1S/C20H21ClN4O/c1-24(15-20(26)22-11-16-6-5-7-18(21)10-16)13-17-12-23-25(14-17)19-8-3-2-4-9-19/h2-10,12,14H,11,13,15H2,1H3,(H,22,26). The molecule has 2 aromatic carbocycles. The van der Waals surface area contributed by atoms with Crippen molar-refractivity contribution in [2.45, 2.75) is 13.1 Å². The van der Waals surface area contributed by atoms with E-state index >= 15 is 0 Å². The maximum Gasteiger partial charge on any atom is 0.234 e. The summed E-state index contributed by atoms with van der Waals surface area (Å²) in [7, 11) is 1.92. The maximum absolute atomic E-state index is 12.1. The van der Waals surface area contributed by atoms with E-state index in [2.05, 4.69) is 10.4 Å². The smallest absolute Gasteiger partial charge is 0.234 e. The Morgan fingerprint density at radius 1 is 1.15 bits per heavy atom. The first-order chi connectivity index (χ1) is 12.6. The summed E-state index contributed by atoms with van der Waals surface area (Å²) in [5.41, 5.74) is 3.05. The van der Waals surface area contributed by atoms with Crippen LogP contribution in [0, 0.1) is 0 Å². The van der Waals surface area contributed by atoms with Gasteiger partial charge in [0.05, 0.1) is 18.4 Å². The molecule has 3 aromatic rings. The molecule has 0 saturated carbocycles. The molecule has 1 amide bonds. The molecule has 3 rings (SSSR count). The van der Waals surface area contributed by atoms with Crippen LogP contribution in [0.25, 0.3) is 5.69 Å². The summed E-state index contributed by atoms with van der Waals surface area (Å²) < 4.78 is 1.84. The fourth-order valence-corrected chi connectivity index (χ4v) is 2.89. The minimum atomic E-state index is -0.0251. The van der Waals surface area contributed by atoms with Crippen molar-refractivity contribution < 1.29 is 4.79 Å². The van der Waals surface area contributed by atoms with Crippen molar-refractivity contribution in [1.29, 1.82) is 0 Å². The average Bonchev–Trinajstić information content (AvgIpc) is 3.09. The highest BCUT2D eigenvalue weighted by Crippen LogP contribution is 2.11. The number of para-hydroxylation sites is 1. The summed E-state index contributed by atoms with van der Waals surface area (Å²) >= 11 is 5.95. The lowest BCUT2D eigenvalue weighted by atomic mass is 10.2. The molecule has 0 unspecified atom stereocenters. The highest BCUT2D eigenvalue weighted by atomic mass is 35.5. The predicted molar refractivity (Wildman–Crippen MR) is 103 cm³/mol. The first-order valence-corrected chi connectivity index (χ1v) is 8.76. The summed E-state index contributed by atoms with van der Waals surface area (Å²) in [6, 6.07) is 17.4. The van der Waals surface area contributed by atoms with Gasteiger partial charge in [-0.2, -0.15) is 5.10 Å². The largest absolute Gasteiger partial charge is 0.351 e. The summed E-state index contributed by atoms with van der Waals surface area (Å²) in [5.74, 6) is -0.0251. The van der Waals surface area contributed by atoms with Gasteiger partial charge in [0, 0.05) is 29.9 Å². The van der Waals surface area contributed by atoms with Crippen LogP contribution in [-0.2, 0) is 17.9 Å². The Morgan fingerprint density at radius 2 is 1.96 bits per heavy atom. The zero-order valence-electron chi connectivity index (χ0n) is 14.6. The van der Waals surface area contributed by atoms with Gasteiger partial charge in [0.1, 0.15) is 0 Å². The lowest BCUT2D eigenvalue weighted by Crippen LogP contribution is -2.34. The van der Waals surface area contributed by atoms with E-state index in [0.29, 0.717) is 24.7 Å². The van der Waals surface area contributed by atoms with Gasteiger partial charge < -0.3 is 5.32 Å². The molecule has 0 aliphatic heterocycles. The lowest BCUT2D eigenvalue weighted by Gasteiger charge is -2.15. The SMILES string of the molecule is CN(CC(=O)NCc1cccc(Cl)c1)Cc1cnn(-c2ccccc2)c1. The number of carbonyl (C=O) groups is 1. The first kappa shape index (κ1) is 18.2. The van der Waals surface area contributed by atoms with Crippen molar-refractivity contribution in [2.75, 3.05) is 13.6 Å². The minimum Gasteiger partial charge on any atom is -0.351 e. The van der Waals surface area contributed by atoms with Crippen molar-refractivity contribution in [3.05, 3.63) is 83.1 Å². The third-order valence-corrected chi connectivity index (χ3v) is 4.14. The van der Waals surface area contributed by atoms with E-state index in [9.17, 15) is 4.79 Å². The molecule has 0 saturated heterocycles. The van der Waals surface area contributed by atoms with E-state index in [0.717, 1.165) is 16.8 Å². The van der Waals surface area contributed by atoms with Gasteiger partial charge in [-0.25, -0.2) is 4.68 Å². The molecule has 1 aromatic heterocycles. The number of amides is 1. The monoisotopic (exact) mass is 368 g/mol. The van der Waals surface area contributed by atoms with Gasteiger partial charge in [0.15, 0.2) is 0 Å². The zero-order valence-corrected chi connectivity index (χ0v) is 15.4. The molecule has 0 atom stereocenters. The van der Waals surface area contributed by atoms with Crippen LogP contribution in [0.3, 0.4) is 0 Å². The van der Waals surface area contributed by atoms with Crippen LogP contribution in [0.15, 0.2) is 67.0 Å². The van der Waals surface area contributed by atoms with Gasteiger partial charge in [-0.05, 0) is 36.9 Å². The second kappa shape index (κ2) is 8.65. The van der Waals surface area contributed by atoms with Crippen LogP contribution in [-0.4, -0.2) is 34.2 Å². The molecular weight excluding hydrogens is 348 g/mol. The Balaban J connectivity index is 1.48. The molecule has 0 aliphatic rings. The topological polar surface area (TPSA) is 50.2 Å². The van der Waals surface area contributed by atoms with Crippen LogP contribution < -0.4 is 5.32 Å². The Morgan fingerprint density at radius 3 is 2.73 bits per heavy atom. The predicted octanol–water partition coefficient (Wildman–Crippen LogP) is 3.27. The second-order valence-corrected chi connectivity index (χ2v) is 6.64. The molecule has 0 bridgehead atoms. The highest BCUT2D eigenvalue weighted by molar-refractivity contribution is 6.30. The van der Waals surface area contributed by atoms with Gasteiger partial charge in [-0.1, -0.05) is 41.9 Å². The number of likely N-dealkylation sites (N-methyl/N-ethyl adjacent to an activating group) is 1. The van der Waals surface area contributed by atoms with Gasteiger partial charge in [-0.3, -0.25) is 9.69 Å². The van der Waals surface area contributed by atoms with Gasteiger partial charge in [0.2, 0.25) is 5.91 Å². The summed E-state index contributed by atoms with van der Waals surface area (Å²) in [6.45, 7) is 1.44. The van der Waals surface area contributed by atoms with Crippen LogP contribution in [0.2, 0.25) is 5.02 Å². The summed E-state index contributed by atoms with van der Waals surface area (Å²) in [6.07, 6.45) is 3.81. The average molecular weight is 369 g/mol. The van der Waals surface area contributed by atoms with Crippen molar-refractivity contribution >= 4 is 17.5 Å². The number of nitrogens with one attached hydrogen (secondary N) is 1. The molecular formula is C20H21ClN4O. The van der Waals surface area contributed by atoms with Gasteiger partial charge >= 0.3 is 0 Å². The highest BCUT2D eigenvalue weighted by Gasteiger charge is 2.09. The van der Waals surface area contributed by atoms with E-state index in [4.69, 9.17) is 11.6 Å². The number of nitrogens with zero attached hydrogens (tertiary/aromatic N) is 3. The number of aromatic nitrogens is 2. The minimum absolute atomic E-state index is 0.0251. The normalized spacial score (nSPS) is 10.9. The maximum atomic E-state index is 12.1. The lowest BCUT2D eigenvalue weighted by molar-refractivity contribution is -0.122. The molecule has 26 heavy (non-hydrogen) atoms. The Labute approximate surface area is 158 Å². The molecule has 0 spiro atoms. The van der Waals surface area contributed by atoms with E-state index in [1.54, 1.807) is 0 Å². The van der Waals surface area contributed by atoms with Crippen LogP contribution in [0.5, 0.6) is 0 Å². The van der Waals surface area contributed by atoms with Gasteiger partial charge in [0.25, 0.3) is 0 Å². The molecule has 0 aliphatic carbocycles. The fraction of sp³-hybridized carbons (Fsp3) is 0.200. The van der Waals surface area contributed by atoms with Crippen LogP contribution in [0.1, 0.15) is 11.1 Å². The fourth-order valence-electron chi connectivity index (χ4n) is 2.68. The molecule has 5 nitrogen and oxygen atoms in total. The number of hydrogen-bond acceptors (Lipinski definition) is 3. The third-order valence-electron chi connectivity index (χ3n) is 3.90. The quantitative estimate of drug-likeness (QED) is 0.696. The molecule has 0 fully saturated rings. The summed E-state index contributed by atoms with van der Waals surface area (Å²) in [4.78, 5) is 14.1. The van der Waals surface area contributed by atoms with E-state index < -0.39 is 0 Å². The molecule has 6 heteroatoms. The first-order valence-electron chi connectivity index (χ1n) is 8.39. The molecule has 134 valence electrons. The molecule has 1 N–H and O–H groups in total. The van der Waals surface area contributed by atoms with E-state index in [1.807, 2.05) is 83.6 Å². The Hall–Kier alpha value is -2.63. The van der Waals surface area contributed by atoms with E-state index in [1.165, 1.54) is 0 Å². The molecule has 0 radical (unpaired) electrons. The second-order valence-electron chi connectivity index (χ2n) is 6.21. The van der Waals surface area contributed by atoms with Crippen molar-refractivity contribution in [3.63, 3.8) is 0 Å². The van der Waals surface area contributed by atoms with Crippen LogP contribution in [0.4, 0.5) is 0 Å². The number of halogens is 1. The van der Waals surface area contributed by atoms with Gasteiger partial charge in [-0.15, -0.1) is 0 Å². The third kappa shape index (κ3) is 5.18. The van der Waals surface area contributed by atoms with Crippen molar-refractivity contribution in [1.82, 2.24) is 20.0 Å². The zero-order chi connectivity index (χ0) is 18.4. The summed E-state index contributed by atoms with van der Waals surface area (Å²) in [5, 5.41) is 7.96. The number of benzene rings is 2. The van der Waals surface area contributed by atoms with Crippen molar-refractivity contribution in [2.24, 2.45) is 0 Å². The number of hydrogen-bond donors (Lipinski definition) is 1.